The van der Waals surface area contributed by atoms with E-state index in [1.54, 1.807) is 6.21 Å². The van der Waals surface area contributed by atoms with Gasteiger partial charge < -0.3 is 19.8 Å². The summed E-state index contributed by atoms with van der Waals surface area (Å²) in [4.78, 5) is 14.0. The fraction of sp³-hybridized carbons (Fsp3) is 0.423. The van der Waals surface area contributed by atoms with Crippen molar-refractivity contribution in [2.24, 2.45) is 16.1 Å². The average Bonchev–Trinajstić information content (AvgIpc) is 3.10. The summed E-state index contributed by atoms with van der Waals surface area (Å²) in [6.07, 6.45) is 1.80. The van der Waals surface area contributed by atoms with Gasteiger partial charge in [0.1, 0.15) is 17.2 Å². The number of nitrogens with one attached hydrogen (secondary N) is 2. The second-order valence-corrected chi connectivity index (χ2v) is 9.92. The van der Waals surface area contributed by atoms with Crippen molar-refractivity contribution in [2.45, 2.75) is 54.3 Å². The Bertz CT molecular complexity index is 1240. The number of rotatable bonds is 6. The molecule has 4 rings (SSSR count). The molecule has 0 aliphatic carbocycles. The number of oxazole rings is 1. The highest BCUT2D eigenvalue weighted by atomic mass is 16.5. The van der Waals surface area contributed by atoms with Crippen LogP contribution in [0, 0.1) is 26.2 Å². The summed E-state index contributed by atoms with van der Waals surface area (Å²) in [6.45, 7) is 15.4. The maximum atomic E-state index is 6.86. The monoisotopic (exact) mass is 462 g/mol. The van der Waals surface area contributed by atoms with E-state index >= 15 is 0 Å². The van der Waals surface area contributed by atoms with E-state index in [0.717, 1.165) is 51.9 Å². The smallest absolute Gasteiger partial charge is 0.212 e. The molecule has 1 atom stereocenters. The van der Waals surface area contributed by atoms with Crippen LogP contribution in [0.5, 0.6) is 5.75 Å². The topological polar surface area (TPSA) is 111 Å². The first kappa shape index (κ1) is 23.8. The fourth-order valence-electron chi connectivity index (χ4n) is 4.00. The molecule has 4 N–H and O–H groups in total. The first-order valence-electron chi connectivity index (χ1n) is 11.6. The molecule has 0 spiro atoms. The lowest BCUT2D eigenvalue weighted by molar-refractivity contribution is 0.328. The van der Waals surface area contributed by atoms with Gasteiger partial charge in [-0.3, -0.25) is 5.73 Å². The van der Waals surface area contributed by atoms with Crippen LogP contribution in [0.4, 0.5) is 11.5 Å². The first-order chi connectivity index (χ1) is 16.0. The van der Waals surface area contributed by atoms with Crippen molar-refractivity contribution in [1.29, 1.82) is 0 Å². The predicted octanol–water partition coefficient (Wildman–Crippen LogP) is 5.13. The molecule has 3 heterocycles. The second kappa shape index (κ2) is 8.76. The van der Waals surface area contributed by atoms with Gasteiger partial charge in [0.2, 0.25) is 5.79 Å². The number of anilines is 2. The Hall–Kier alpha value is -3.39. The van der Waals surface area contributed by atoms with Crippen LogP contribution < -0.4 is 21.1 Å². The zero-order chi connectivity index (χ0) is 24.7. The molecule has 8 heteroatoms. The van der Waals surface area contributed by atoms with Gasteiger partial charge >= 0.3 is 0 Å². The molecule has 0 fully saturated rings. The van der Waals surface area contributed by atoms with E-state index < -0.39 is 5.79 Å². The molecule has 1 aromatic carbocycles. The predicted molar refractivity (Wildman–Crippen MR) is 137 cm³/mol. The zero-order valence-corrected chi connectivity index (χ0v) is 21.0. The van der Waals surface area contributed by atoms with Gasteiger partial charge in [-0.2, -0.15) is 0 Å². The SMILES string of the molecule is CCOc1cc(-c2nc(C)oc2C)ccc1C1(N)N=Cc2cc(C)nc(NCC(C)(C)C)c2N1. The Morgan fingerprint density at radius 2 is 1.91 bits per heavy atom. The number of benzene rings is 1. The Labute approximate surface area is 201 Å². The summed E-state index contributed by atoms with van der Waals surface area (Å²) in [7, 11) is 0. The zero-order valence-electron chi connectivity index (χ0n) is 21.0. The van der Waals surface area contributed by atoms with Gasteiger partial charge in [0, 0.05) is 36.5 Å². The largest absolute Gasteiger partial charge is 0.493 e. The Balaban J connectivity index is 1.74. The number of pyridine rings is 1. The number of hydrogen-bond acceptors (Lipinski definition) is 8. The van der Waals surface area contributed by atoms with Crippen molar-refractivity contribution in [1.82, 2.24) is 9.97 Å². The summed E-state index contributed by atoms with van der Waals surface area (Å²) < 4.78 is 11.6. The minimum absolute atomic E-state index is 0.0937. The summed E-state index contributed by atoms with van der Waals surface area (Å²) >= 11 is 0. The number of aromatic nitrogens is 2. The van der Waals surface area contributed by atoms with Crippen LogP contribution in [-0.2, 0) is 5.79 Å². The lowest BCUT2D eigenvalue weighted by Crippen LogP contribution is -2.45. The Morgan fingerprint density at radius 1 is 1.15 bits per heavy atom. The van der Waals surface area contributed by atoms with E-state index in [1.165, 1.54) is 0 Å². The molecule has 34 heavy (non-hydrogen) atoms. The maximum Gasteiger partial charge on any atom is 0.212 e. The lowest BCUT2D eigenvalue weighted by Gasteiger charge is -2.34. The molecule has 0 amide bonds. The van der Waals surface area contributed by atoms with Crippen LogP contribution in [-0.4, -0.2) is 29.3 Å². The molecule has 0 bridgehead atoms. The minimum atomic E-state index is -1.22. The molecule has 3 aromatic rings. The van der Waals surface area contributed by atoms with Gasteiger partial charge in [0.25, 0.3) is 0 Å². The molecular formula is C26H34N6O2. The van der Waals surface area contributed by atoms with E-state index in [1.807, 2.05) is 52.0 Å². The van der Waals surface area contributed by atoms with Crippen LogP contribution >= 0.6 is 0 Å². The van der Waals surface area contributed by atoms with Gasteiger partial charge in [-0.1, -0.05) is 26.8 Å². The van der Waals surface area contributed by atoms with Crippen LogP contribution in [0.1, 0.15) is 56.2 Å². The molecule has 8 nitrogen and oxygen atoms in total. The van der Waals surface area contributed by atoms with Crippen molar-refractivity contribution in [3.8, 4) is 17.0 Å². The minimum Gasteiger partial charge on any atom is -0.493 e. The number of aliphatic imine (C=N–C) groups is 1. The van der Waals surface area contributed by atoms with Gasteiger partial charge in [0.15, 0.2) is 11.7 Å². The molecule has 2 aromatic heterocycles. The van der Waals surface area contributed by atoms with Crippen molar-refractivity contribution >= 4 is 17.7 Å². The van der Waals surface area contributed by atoms with E-state index in [-0.39, 0.29) is 5.41 Å². The highest BCUT2D eigenvalue weighted by molar-refractivity contribution is 5.94. The summed E-state index contributed by atoms with van der Waals surface area (Å²) in [5.41, 5.74) is 12.0. The highest BCUT2D eigenvalue weighted by Gasteiger charge is 2.35. The third-order valence-electron chi connectivity index (χ3n) is 5.56. The molecule has 1 aliphatic heterocycles. The van der Waals surface area contributed by atoms with Crippen molar-refractivity contribution in [3.05, 3.63) is 52.7 Å². The number of hydrogen-bond donors (Lipinski definition) is 3. The Kier molecular flexibility index (Phi) is 6.12. The molecule has 0 saturated heterocycles. The van der Waals surface area contributed by atoms with Gasteiger partial charge in [-0.05, 0) is 44.4 Å². The first-order valence-corrected chi connectivity index (χ1v) is 11.6. The van der Waals surface area contributed by atoms with Gasteiger partial charge in [0.05, 0.1) is 17.9 Å². The number of ether oxygens (including phenoxy) is 1. The van der Waals surface area contributed by atoms with Crippen LogP contribution in [0.2, 0.25) is 0 Å². The van der Waals surface area contributed by atoms with Crippen molar-refractivity contribution in [2.75, 3.05) is 23.8 Å². The third kappa shape index (κ3) is 4.77. The lowest BCUT2D eigenvalue weighted by atomic mass is 9.97. The van der Waals surface area contributed by atoms with Crippen molar-refractivity contribution in [3.63, 3.8) is 0 Å². The number of aryl methyl sites for hydroxylation is 3. The quantitative estimate of drug-likeness (QED) is 0.465. The molecule has 0 radical (unpaired) electrons. The fourth-order valence-corrected chi connectivity index (χ4v) is 4.00. The number of nitrogens with two attached hydrogens (primary N) is 1. The normalized spacial score (nSPS) is 17.3. The number of nitrogens with zero attached hydrogens (tertiary/aromatic N) is 3. The molecule has 1 unspecified atom stereocenters. The maximum absolute atomic E-state index is 6.86. The van der Waals surface area contributed by atoms with Crippen LogP contribution in [0.3, 0.4) is 0 Å². The van der Waals surface area contributed by atoms with Crippen molar-refractivity contribution < 1.29 is 9.15 Å². The van der Waals surface area contributed by atoms with Gasteiger partial charge in [-0.25, -0.2) is 15.0 Å². The van der Waals surface area contributed by atoms with E-state index in [9.17, 15) is 0 Å². The molecule has 0 saturated carbocycles. The standard InChI is InChI=1S/C26H34N6O2/c1-8-33-21-12-18(22-16(3)34-17(4)31-22)9-10-20(21)26(27)29-13-19-11-15(2)30-24(23(19)32-26)28-14-25(5,6)7/h9-13,32H,8,14,27H2,1-7H3,(H,28,30). The third-order valence-corrected chi connectivity index (χ3v) is 5.56. The molecule has 1 aliphatic rings. The van der Waals surface area contributed by atoms with E-state index in [2.05, 4.69) is 36.4 Å². The number of fused-ring (bicyclic) bond motifs is 1. The van der Waals surface area contributed by atoms with Crippen LogP contribution in [0.15, 0.2) is 33.7 Å². The Morgan fingerprint density at radius 3 is 2.56 bits per heavy atom. The highest BCUT2D eigenvalue weighted by Crippen LogP contribution is 2.39. The summed E-state index contributed by atoms with van der Waals surface area (Å²) in [5, 5.41) is 6.92. The van der Waals surface area contributed by atoms with E-state index in [4.69, 9.17) is 24.9 Å². The van der Waals surface area contributed by atoms with E-state index in [0.29, 0.717) is 18.2 Å². The summed E-state index contributed by atoms with van der Waals surface area (Å²) in [5.74, 6) is 1.56. The molecular weight excluding hydrogens is 428 g/mol. The second-order valence-electron chi connectivity index (χ2n) is 9.92. The summed E-state index contributed by atoms with van der Waals surface area (Å²) in [6, 6.07) is 7.84. The van der Waals surface area contributed by atoms with Gasteiger partial charge in [-0.15, -0.1) is 0 Å². The average molecular weight is 463 g/mol. The van der Waals surface area contributed by atoms with Crippen LogP contribution in [0.25, 0.3) is 11.3 Å². The molecule has 180 valence electrons.